The molecule has 5 aromatic carbocycles. The molecule has 2 atom stereocenters. The first-order valence-corrected chi connectivity index (χ1v) is 15.0. The van der Waals surface area contributed by atoms with Gasteiger partial charge in [-0.3, -0.25) is 0 Å². The van der Waals surface area contributed by atoms with Gasteiger partial charge in [-0.15, -0.1) is 0 Å². The molecule has 0 amide bonds. The van der Waals surface area contributed by atoms with Crippen molar-refractivity contribution in [1.82, 2.24) is 0 Å². The van der Waals surface area contributed by atoms with Crippen LogP contribution in [0.25, 0.3) is 33.0 Å². The molecule has 0 radical (unpaired) electrons. The summed E-state index contributed by atoms with van der Waals surface area (Å²) in [6, 6.07) is 39.1. The third-order valence-corrected chi connectivity index (χ3v) is 11.0. The van der Waals surface area contributed by atoms with Crippen molar-refractivity contribution in [2.75, 3.05) is 4.90 Å². The molecule has 1 saturated carbocycles. The number of hydrogen-bond donors (Lipinski definition) is 0. The minimum atomic E-state index is 0.0117. The molecule has 1 heterocycles. The number of rotatable bonds is 2. The van der Waals surface area contributed by atoms with E-state index in [0.717, 1.165) is 0 Å². The fourth-order valence-electron chi connectivity index (χ4n) is 8.58. The van der Waals surface area contributed by atoms with E-state index in [1.54, 1.807) is 0 Å². The lowest BCUT2D eigenvalue weighted by Gasteiger charge is -2.50. The Morgan fingerprint density at radius 1 is 0.550 bits per heavy atom. The molecule has 5 aromatic rings. The minimum absolute atomic E-state index is 0.0117. The normalized spacial score (nSPS) is 23.9. The first kappa shape index (κ1) is 24.0. The van der Waals surface area contributed by atoms with E-state index < -0.39 is 0 Å². The van der Waals surface area contributed by atoms with E-state index in [9.17, 15) is 0 Å². The molecule has 0 spiro atoms. The lowest BCUT2D eigenvalue weighted by molar-refractivity contribution is 0.195. The molecule has 0 saturated heterocycles. The monoisotopic (exact) mass is 519 g/mol. The molecule has 1 fully saturated rings. The van der Waals surface area contributed by atoms with Gasteiger partial charge in [0, 0.05) is 27.6 Å². The number of benzene rings is 5. The summed E-state index contributed by atoms with van der Waals surface area (Å²) in [6.45, 7) is 9.83. The van der Waals surface area contributed by atoms with Crippen LogP contribution in [0.3, 0.4) is 0 Å². The van der Waals surface area contributed by atoms with Crippen LogP contribution in [0.5, 0.6) is 0 Å². The fraction of sp³-hybridized carbons (Fsp3) is 0.282. The number of anilines is 2. The lowest BCUT2D eigenvalue weighted by Crippen LogP contribution is -2.54. The van der Waals surface area contributed by atoms with E-state index in [1.165, 1.54) is 86.8 Å². The van der Waals surface area contributed by atoms with Gasteiger partial charge in [0.05, 0.1) is 5.54 Å². The van der Waals surface area contributed by atoms with E-state index in [2.05, 4.69) is 136 Å². The molecule has 1 heteroatoms. The fourth-order valence-corrected chi connectivity index (χ4v) is 8.58. The summed E-state index contributed by atoms with van der Waals surface area (Å²) in [5, 5.41) is 2.66. The van der Waals surface area contributed by atoms with Crippen LogP contribution in [0.4, 0.5) is 11.4 Å². The number of hydrogen-bond acceptors (Lipinski definition) is 1. The second-order valence-corrected chi connectivity index (χ2v) is 13.3. The zero-order valence-electron chi connectivity index (χ0n) is 24.1. The molecule has 0 bridgehead atoms. The van der Waals surface area contributed by atoms with Gasteiger partial charge in [0.1, 0.15) is 0 Å². The Morgan fingerprint density at radius 3 is 2.10 bits per heavy atom. The Kier molecular flexibility index (Phi) is 4.86. The topological polar surface area (TPSA) is 3.24 Å². The summed E-state index contributed by atoms with van der Waals surface area (Å²) in [4.78, 5) is 2.72. The van der Waals surface area contributed by atoms with Crippen molar-refractivity contribution in [3.8, 4) is 22.3 Å². The van der Waals surface area contributed by atoms with Gasteiger partial charge in [0.25, 0.3) is 0 Å². The summed E-state index contributed by atoms with van der Waals surface area (Å²) in [6.07, 6.45) is 5.02. The molecule has 0 aromatic heterocycles. The summed E-state index contributed by atoms with van der Waals surface area (Å²) < 4.78 is 0. The first-order valence-electron chi connectivity index (χ1n) is 15.0. The summed E-state index contributed by atoms with van der Waals surface area (Å²) in [5.74, 6) is 0. The maximum Gasteiger partial charge on any atom is 0.0518 e. The maximum atomic E-state index is 2.72. The number of nitrogens with zero attached hydrogens (tertiary/aromatic N) is 1. The Balaban J connectivity index is 1.31. The molecular formula is C39H37N. The van der Waals surface area contributed by atoms with E-state index in [4.69, 9.17) is 0 Å². The quantitative estimate of drug-likeness (QED) is 0.224. The van der Waals surface area contributed by atoms with Gasteiger partial charge >= 0.3 is 0 Å². The van der Waals surface area contributed by atoms with Crippen molar-refractivity contribution in [3.63, 3.8) is 0 Å². The van der Waals surface area contributed by atoms with Gasteiger partial charge in [-0.05, 0) is 88.4 Å². The van der Waals surface area contributed by atoms with Crippen LogP contribution in [0, 0.1) is 0 Å². The average molecular weight is 520 g/mol. The van der Waals surface area contributed by atoms with Gasteiger partial charge in [0.15, 0.2) is 0 Å². The van der Waals surface area contributed by atoms with Crippen molar-refractivity contribution >= 4 is 22.1 Å². The third kappa shape index (κ3) is 2.99. The van der Waals surface area contributed by atoms with Crippen LogP contribution in [0.1, 0.15) is 70.1 Å². The highest BCUT2D eigenvalue weighted by atomic mass is 15.3. The Bertz CT molecular complexity index is 1820. The highest BCUT2D eigenvalue weighted by molar-refractivity contribution is 5.98. The van der Waals surface area contributed by atoms with Crippen LogP contribution < -0.4 is 4.90 Å². The molecule has 40 heavy (non-hydrogen) atoms. The van der Waals surface area contributed by atoms with Gasteiger partial charge in [-0.25, -0.2) is 0 Å². The molecule has 1 nitrogen and oxygen atoms in total. The zero-order chi connectivity index (χ0) is 27.3. The van der Waals surface area contributed by atoms with E-state index in [-0.39, 0.29) is 16.4 Å². The highest BCUT2D eigenvalue weighted by Crippen LogP contribution is 2.62. The lowest BCUT2D eigenvalue weighted by atomic mass is 9.61. The molecule has 8 rings (SSSR count). The largest absolute Gasteiger partial charge is 0.334 e. The molecule has 198 valence electrons. The summed E-state index contributed by atoms with van der Waals surface area (Å²) in [7, 11) is 0. The third-order valence-electron chi connectivity index (χ3n) is 11.0. The van der Waals surface area contributed by atoms with Gasteiger partial charge in [-0.2, -0.15) is 0 Å². The summed E-state index contributed by atoms with van der Waals surface area (Å²) in [5.41, 5.74) is 12.7. The minimum Gasteiger partial charge on any atom is -0.334 e. The van der Waals surface area contributed by atoms with Crippen LogP contribution in [0.15, 0.2) is 103 Å². The molecular weight excluding hydrogens is 482 g/mol. The number of fused-ring (bicyclic) bond motifs is 7. The predicted molar refractivity (Wildman–Crippen MR) is 170 cm³/mol. The SMILES string of the molecule is CC1(C)c2ccccc2-c2ccc(-c3ccc4c(c3)C3(C)CCCCC3(C)N4c3cccc4ccccc34)cc21. The van der Waals surface area contributed by atoms with Gasteiger partial charge in [-0.1, -0.05) is 112 Å². The van der Waals surface area contributed by atoms with Gasteiger partial charge in [0.2, 0.25) is 0 Å². The zero-order valence-corrected chi connectivity index (χ0v) is 24.1. The molecule has 1 aliphatic heterocycles. The first-order chi connectivity index (χ1) is 19.3. The molecule has 3 aliphatic rings. The van der Waals surface area contributed by atoms with E-state index in [0.29, 0.717) is 0 Å². The van der Waals surface area contributed by atoms with E-state index >= 15 is 0 Å². The smallest absolute Gasteiger partial charge is 0.0518 e. The van der Waals surface area contributed by atoms with Crippen LogP contribution in [-0.4, -0.2) is 5.54 Å². The van der Waals surface area contributed by atoms with Crippen molar-refractivity contribution in [2.45, 2.75) is 69.7 Å². The average Bonchev–Trinajstić information content (AvgIpc) is 3.33. The van der Waals surface area contributed by atoms with Crippen molar-refractivity contribution in [2.24, 2.45) is 0 Å². The van der Waals surface area contributed by atoms with Crippen molar-refractivity contribution in [3.05, 3.63) is 120 Å². The van der Waals surface area contributed by atoms with Crippen molar-refractivity contribution < 1.29 is 0 Å². The Labute approximate surface area is 238 Å². The Hall–Kier alpha value is -3.84. The predicted octanol–water partition coefficient (Wildman–Crippen LogP) is 10.6. The van der Waals surface area contributed by atoms with Crippen LogP contribution >= 0.6 is 0 Å². The molecule has 2 unspecified atom stereocenters. The summed E-state index contributed by atoms with van der Waals surface area (Å²) >= 11 is 0. The van der Waals surface area contributed by atoms with E-state index in [1.807, 2.05) is 0 Å². The highest BCUT2D eigenvalue weighted by Gasteiger charge is 2.57. The molecule has 2 aliphatic carbocycles. The van der Waals surface area contributed by atoms with Crippen LogP contribution in [0.2, 0.25) is 0 Å². The Morgan fingerprint density at radius 2 is 1.23 bits per heavy atom. The maximum absolute atomic E-state index is 2.72. The van der Waals surface area contributed by atoms with Crippen LogP contribution in [-0.2, 0) is 10.8 Å². The second-order valence-electron chi connectivity index (χ2n) is 13.3. The van der Waals surface area contributed by atoms with Crippen molar-refractivity contribution in [1.29, 1.82) is 0 Å². The second kappa shape index (κ2) is 8.10. The standard InChI is InChI=1S/C39H37N/c1-37(2)32-16-8-7-15-30(32)31-20-18-27(24-33(31)37)28-19-21-36-34(25-28)38(3)22-9-10-23-39(38,4)40(36)35-17-11-13-26-12-5-6-14-29(26)35/h5-8,11-21,24-25H,9-10,22-23H2,1-4H3. The van der Waals surface area contributed by atoms with Gasteiger partial charge < -0.3 is 4.90 Å². The molecule has 0 N–H and O–H groups in total.